The summed E-state index contributed by atoms with van der Waals surface area (Å²) in [5.74, 6) is -0.484. The van der Waals surface area contributed by atoms with Gasteiger partial charge in [-0.1, -0.05) is 0 Å². The third kappa shape index (κ3) is 12.1. The van der Waals surface area contributed by atoms with Crippen LogP contribution in [0.5, 0.6) is 11.5 Å². The second kappa shape index (κ2) is 14.2. The van der Waals surface area contributed by atoms with Gasteiger partial charge >= 0.3 is 11.9 Å². The van der Waals surface area contributed by atoms with E-state index in [2.05, 4.69) is 35.6 Å². The number of nitrogens with two attached hydrogens (primary N) is 1. The third-order valence-electron chi connectivity index (χ3n) is 5.75. The van der Waals surface area contributed by atoms with E-state index in [-0.39, 0.29) is 34.1 Å². The molecule has 0 fully saturated rings. The number of esters is 2. The van der Waals surface area contributed by atoms with Crippen LogP contribution in [0.2, 0.25) is 38.3 Å². The van der Waals surface area contributed by atoms with E-state index >= 15 is 0 Å². The molecule has 0 aliphatic heterocycles. The quantitative estimate of drug-likeness (QED) is 0.0704. The lowest BCUT2D eigenvalue weighted by Crippen LogP contribution is -2.44. The molecule has 17 heteroatoms. The fraction of sp³-hybridized carbons (Fsp3) is 0.417. The van der Waals surface area contributed by atoms with Crippen molar-refractivity contribution < 1.29 is 40.0 Å². The average molecular weight is 643 g/mol. The molecule has 2 N–H and O–H groups in total. The Balaban J connectivity index is 1.75. The Morgan fingerprint density at radius 2 is 1.17 bits per heavy atom. The molecular formula is C24H34N4O9S2Si2. The van der Waals surface area contributed by atoms with Crippen LogP contribution in [-0.2, 0) is 33.8 Å². The first-order valence-electron chi connectivity index (χ1n) is 12.6. The number of hydrogen-bond acceptors (Lipinski definition) is 9. The average Bonchev–Trinajstić information content (AvgIpc) is 2.83. The van der Waals surface area contributed by atoms with Gasteiger partial charge in [0, 0.05) is 22.3 Å². The van der Waals surface area contributed by atoms with Gasteiger partial charge in [0.05, 0.1) is 9.79 Å². The molecule has 13 nitrogen and oxygen atoms in total. The summed E-state index contributed by atoms with van der Waals surface area (Å²) in [5.41, 5.74) is 8.34. The lowest BCUT2D eigenvalue weighted by atomic mass is 10.3. The van der Waals surface area contributed by atoms with E-state index in [9.17, 15) is 26.4 Å². The van der Waals surface area contributed by atoms with Crippen molar-refractivity contribution in [2.24, 2.45) is 9.66 Å². The van der Waals surface area contributed by atoms with E-state index in [1.165, 1.54) is 48.5 Å². The molecule has 0 bridgehead atoms. The largest absolute Gasteiger partial charge is 0.455 e. The van der Waals surface area contributed by atoms with Gasteiger partial charge in [-0.05, 0) is 105 Å². The van der Waals surface area contributed by atoms with Crippen molar-refractivity contribution in [2.45, 2.75) is 73.8 Å². The Labute approximate surface area is 242 Å². The third-order valence-corrected chi connectivity index (χ3v) is 15.4. The van der Waals surface area contributed by atoms with Crippen molar-refractivity contribution in [3.63, 3.8) is 0 Å². The number of benzene rings is 2. The van der Waals surface area contributed by atoms with Crippen LogP contribution in [-0.4, -0.2) is 45.4 Å². The Bertz CT molecular complexity index is 1490. The molecule has 224 valence electrons. The molecule has 0 unspecified atom stereocenters. The molecule has 2 aromatic carbocycles. The maximum Gasteiger partial charge on any atom is 0.311 e. The van der Waals surface area contributed by atoms with E-state index in [0.29, 0.717) is 12.8 Å². The molecule has 2 aromatic rings. The van der Waals surface area contributed by atoms with Gasteiger partial charge < -0.3 is 13.6 Å². The smallest absolute Gasteiger partial charge is 0.311 e. The Morgan fingerprint density at radius 3 is 1.54 bits per heavy atom. The Hall–Kier alpha value is -3.06. The molecule has 0 aliphatic rings. The fourth-order valence-electron chi connectivity index (χ4n) is 4.00. The van der Waals surface area contributed by atoms with Gasteiger partial charge in [0.25, 0.3) is 10.0 Å². The first-order chi connectivity index (χ1) is 18.9. The van der Waals surface area contributed by atoms with Crippen LogP contribution < -0.4 is 14.6 Å². The topological polar surface area (TPSA) is 205 Å². The van der Waals surface area contributed by atoms with E-state index in [0.717, 1.165) is 12.1 Å². The van der Waals surface area contributed by atoms with Gasteiger partial charge in [0.15, 0.2) is 16.6 Å². The van der Waals surface area contributed by atoms with Crippen LogP contribution in [0, 0.1) is 0 Å². The molecule has 0 amide bonds. The summed E-state index contributed by atoms with van der Waals surface area (Å²) >= 11 is 0. The van der Waals surface area contributed by atoms with Crippen LogP contribution in [0.15, 0.2) is 62.8 Å². The number of ether oxygens (including phenoxy) is 2. The predicted octanol–water partition coefficient (Wildman–Crippen LogP) is 4.83. The minimum Gasteiger partial charge on any atom is -0.455 e. The SMILES string of the molecule is C[Si](C)(CCCC(=O)Oc1ccc(S(N)(=O)=O)cc1)O[Si](C)(C)CCCC(=O)Oc1ccc(S(=O)(=O)N=[N+]=[N-])cc1. The van der Waals surface area contributed by atoms with E-state index < -0.39 is 48.6 Å². The number of primary sulfonamides is 1. The molecule has 0 aliphatic carbocycles. The van der Waals surface area contributed by atoms with Crippen molar-refractivity contribution in [3.05, 3.63) is 59.0 Å². The first kappa shape index (κ1) is 34.1. The molecule has 0 radical (unpaired) electrons. The lowest BCUT2D eigenvalue weighted by Gasteiger charge is -2.34. The zero-order chi connectivity index (χ0) is 30.9. The number of sulfonamides is 2. The summed E-state index contributed by atoms with van der Waals surface area (Å²) < 4.78 is 65.9. The molecule has 0 heterocycles. The van der Waals surface area contributed by atoms with Gasteiger partial charge in [-0.15, -0.1) is 0 Å². The monoisotopic (exact) mass is 642 g/mol. The summed E-state index contributed by atoms with van der Waals surface area (Å²) in [7, 11) is -12.2. The minimum atomic E-state index is -4.11. The van der Waals surface area contributed by atoms with E-state index in [1.807, 2.05) is 0 Å². The van der Waals surface area contributed by atoms with Crippen LogP contribution >= 0.6 is 0 Å². The predicted molar refractivity (Wildman–Crippen MR) is 156 cm³/mol. The van der Waals surface area contributed by atoms with Crippen LogP contribution in [0.1, 0.15) is 25.7 Å². The molecule has 2 rings (SSSR count). The summed E-state index contributed by atoms with van der Waals surface area (Å²) in [6, 6.07) is 11.8. The highest BCUT2D eigenvalue weighted by molar-refractivity contribution is 7.90. The number of carbonyl (C=O) groups is 2. The summed E-state index contributed by atoms with van der Waals surface area (Å²) in [4.78, 5) is 26.5. The molecular weight excluding hydrogens is 609 g/mol. The van der Waals surface area contributed by atoms with E-state index in [1.54, 1.807) is 0 Å². The van der Waals surface area contributed by atoms with Crippen LogP contribution in [0.4, 0.5) is 0 Å². The Kier molecular flexibility index (Phi) is 11.8. The zero-order valence-electron chi connectivity index (χ0n) is 23.3. The van der Waals surface area contributed by atoms with E-state index in [4.69, 9.17) is 24.3 Å². The van der Waals surface area contributed by atoms with Crippen LogP contribution in [0.25, 0.3) is 10.4 Å². The van der Waals surface area contributed by atoms with Gasteiger partial charge in [0.1, 0.15) is 11.5 Å². The van der Waals surface area contributed by atoms with Crippen molar-refractivity contribution >= 4 is 48.6 Å². The van der Waals surface area contributed by atoms with Crippen molar-refractivity contribution in [3.8, 4) is 11.5 Å². The molecule has 0 saturated heterocycles. The minimum absolute atomic E-state index is 0.0694. The molecule has 0 saturated carbocycles. The highest BCUT2D eigenvalue weighted by atomic mass is 32.2. The fourth-order valence-corrected chi connectivity index (χ4v) is 14.0. The zero-order valence-corrected chi connectivity index (χ0v) is 26.9. The maximum absolute atomic E-state index is 12.3. The summed E-state index contributed by atoms with van der Waals surface area (Å²) in [6.45, 7) is 8.32. The van der Waals surface area contributed by atoms with Crippen molar-refractivity contribution in [1.82, 2.24) is 0 Å². The van der Waals surface area contributed by atoms with Gasteiger partial charge in [-0.3, -0.25) is 9.59 Å². The number of hydrogen-bond donors (Lipinski definition) is 1. The van der Waals surface area contributed by atoms with Gasteiger partial charge in [0.2, 0.25) is 10.0 Å². The standard InChI is InChI=1S/C24H34N4O9S2Si2/c1-40(2,17-5-7-23(29)35-19-9-13-21(14-10-19)38(26,31)32)37-41(3,4)18-6-8-24(30)36-20-11-15-22(16-12-20)39(33,34)28-27-25/h9-16H,5-8,17-18H2,1-4H3,(H2,26,31,32). The number of azide groups is 1. The molecule has 41 heavy (non-hydrogen) atoms. The number of nitrogens with zero attached hydrogens (tertiary/aromatic N) is 3. The first-order valence-corrected chi connectivity index (χ1v) is 21.8. The van der Waals surface area contributed by atoms with Crippen LogP contribution in [0.3, 0.4) is 0 Å². The normalized spacial score (nSPS) is 12.3. The number of carbonyl (C=O) groups excluding carboxylic acids is 2. The van der Waals surface area contributed by atoms with Gasteiger partial charge in [-0.2, -0.15) is 0 Å². The van der Waals surface area contributed by atoms with Gasteiger partial charge in [-0.25, -0.2) is 22.0 Å². The second-order valence-electron chi connectivity index (χ2n) is 10.4. The summed E-state index contributed by atoms with van der Waals surface area (Å²) in [5, 5.41) is 5.06. The lowest BCUT2D eigenvalue weighted by molar-refractivity contribution is -0.135. The summed E-state index contributed by atoms with van der Waals surface area (Å²) in [6.07, 6.45) is 1.48. The molecule has 0 spiro atoms. The van der Waals surface area contributed by atoms with Crippen molar-refractivity contribution in [2.75, 3.05) is 0 Å². The second-order valence-corrected chi connectivity index (χ2v) is 22.4. The molecule has 0 aromatic heterocycles. The number of rotatable bonds is 15. The Morgan fingerprint density at radius 1 is 0.780 bits per heavy atom. The van der Waals surface area contributed by atoms with Crippen molar-refractivity contribution in [1.29, 1.82) is 0 Å². The highest BCUT2D eigenvalue weighted by Crippen LogP contribution is 2.26. The maximum atomic E-state index is 12.3. The molecule has 0 atom stereocenters. The highest BCUT2D eigenvalue weighted by Gasteiger charge is 2.32.